The quantitative estimate of drug-likeness (QED) is 0.480. The maximum atomic E-state index is 13.1. The van der Waals surface area contributed by atoms with Crippen molar-refractivity contribution in [1.29, 1.82) is 0 Å². The second kappa shape index (κ2) is 10.4. The number of hydrogen-bond acceptors (Lipinski definition) is 7. The van der Waals surface area contributed by atoms with E-state index in [1.165, 1.54) is 0 Å². The number of thiazole rings is 1. The Bertz CT molecular complexity index is 1320. The molecule has 2 aliphatic rings. The zero-order valence-electron chi connectivity index (χ0n) is 20.7. The number of carbonyl (C=O) groups excluding carboxylic acids is 1. The third-order valence-corrected chi connectivity index (χ3v) is 9.97. The average molecular weight is 529 g/mol. The fourth-order valence-electron chi connectivity index (χ4n) is 4.71. The van der Waals surface area contributed by atoms with Crippen molar-refractivity contribution in [3.05, 3.63) is 48.0 Å². The molecule has 1 aromatic heterocycles. The highest BCUT2D eigenvalue weighted by Gasteiger charge is 2.29. The predicted molar refractivity (Wildman–Crippen MR) is 143 cm³/mol. The molecule has 2 aromatic carbocycles. The number of ether oxygens (including phenoxy) is 1. The normalized spacial score (nSPS) is 18.1. The van der Waals surface area contributed by atoms with Crippen LogP contribution in [0.25, 0.3) is 10.2 Å². The summed E-state index contributed by atoms with van der Waals surface area (Å²) in [5.74, 6) is 1.33. The smallest absolute Gasteiger partial charge is 0.253 e. The zero-order chi connectivity index (χ0) is 25.3. The number of amides is 1. The Kier molecular flexibility index (Phi) is 7.18. The van der Waals surface area contributed by atoms with Gasteiger partial charge in [0.15, 0.2) is 5.13 Å². The lowest BCUT2D eigenvalue weighted by Gasteiger charge is -2.34. The van der Waals surface area contributed by atoms with E-state index in [9.17, 15) is 13.2 Å². The summed E-state index contributed by atoms with van der Waals surface area (Å²) in [6.07, 6.45) is 1.76. The molecular weight excluding hydrogens is 496 g/mol. The molecule has 8 nitrogen and oxygen atoms in total. The summed E-state index contributed by atoms with van der Waals surface area (Å²) in [4.78, 5) is 22.2. The Morgan fingerprint density at radius 2 is 1.72 bits per heavy atom. The molecule has 0 bridgehead atoms. The lowest BCUT2D eigenvalue weighted by Crippen LogP contribution is -2.48. The van der Waals surface area contributed by atoms with Gasteiger partial charge in [-0.3, -0.25) is 4.79 Å². The molecule has 0 spiro atoms. The summed E-state index contributed by atoms with van der Waals surface area (Å²) >= 11 is 1.64. The molecule has 3 aromatic rings. The molecule has 2 fully saturated rings. The molecule has 10 heteroatoms. The molecule has 0 aliphatic carbocycles. The molecule has 3 heterocycles. The van der Waals surface area contributed by atoms with Crippen LogP contribution in [0.5, 0.6) is 5.75 Å². The molecule has 2 saturated heterocycles. The lowest BCUT2D eigenvalue weighted by atomic mass is 10.0. The number of rotatable bonds is 6. The van der Waals surface area contributed by atoms with Crippen LogP contribution < -0.4 is 9.64 Å². The fraction of sp³-hybridized carbons (Fsp3) is 0.462. The van der Waals surface area contributed by atoms with Crippen molar-refractivity contribution in [2.45, 2.75) is 31.6 Å². The monoisotopic (exact) mass is 528 g/mol. The first-order valence-corrected chi connectivity index (χ1v) is 14.8. The third kappa shape index (κ3) is 5.07. The number of benzene rings is 2. The Morgan fingerprint density at radius 3 is 2.39 bits per heavy atom. The first-order valence-electron chi connectivity index (χ1n) is 12.5. The summed E-state index contributed by atoms with van der Waals surface area (Å²) in [6, 6.07) is 12.3. The Hall–Kier alpha value is -2.69. The molecule has 0 radical (unpaired) electrons. The van der Waals surface area contributed by atoms with Crippen molar-refractivity contribution < 1.29 is 17.9 Å². The summed E-state index contributed by atoms with van der Waals surface area (Å²) in [7, 11) is -3.52. The van der Waals surface area contributed by atoms with Crippen LogP contribution in [-0.2, 0) is 10.0 Å². The van der Waals surface area contributed by atoms with Crippen molar-refractivity contribution in [2.24, 2.45) is 5.92 Å². The molecule has 36 heavy (non-hydrogen) atoms. The van der Waals surface area contributed by atoms with Gasteiger partial charge in [-0.05, 0) is 68.1 Å². The van der Waals surface area contributed by atoms with Gasteiger partial charge in [0.2, 0.25) is 10.0 Å². The molecule has 0 unspecified atom stereocenters. The van der Waals surface area contributed by atoms with E-state index in [-0.39, 0.29) is 10.8 Å². The first kappa shape index (κ1) is 25.0. The van der Waals surface area contributed by atoms with Gasteiger partial charge >= 0.3 is 0 Å². The van der Waals surface area contributed by atoms with Crippen LogP contribution in [0.4, 0.5) is 5.13 Å². The third-order valence-electron chi connectivity index (χ3n) is 6.98. The maximum absolute atomic E-state index is 13.1. The average Bonchev–Trinajstić information content (AvgIpc) is 3.32. The van der Waals surface area contributed by atoms with E-state index in [1.807, 2.05) is 30.0 Å². The van der Waals surface area contributed by atoms with Crippen molar-refractivity contribution in [3.63, 3.8) is 0 Å². The summed E-state index contributed by atoms with van der Waals surface area (Å²) < 4.78 is 34.2. The molecule has 0 N–H and O–H groups in total. The van der Waals surface area contributed by atoms with Crippen molar-refractivity contribution in [3.8, 4) is 5.75 Å². The van der Waals surface area contributed by atoms with E-state index >= 15 is 0 Å². The van der Waals surface area contributed by atoms with Gasteiger partial charge in [0, 0.05) is 44.8 Å². The van der Waals surface area contributed by atoms with Crippen LogP contribution in [0, 0.1) is 5.92 Å². The minimum absolute atomic E-state index is 0.0731. The number of piperazine rings is 1. The van der Waals surface area contributed by atoms with Crippen molar-refractivity contribution in [1.82, 2.24) is 14.2 Å². The van der Waals surface area contributed by atoms with Gasteiger partial charge in [0.1, 0.15) is 5.75 Å². The molecule has 5 rings (SSSR count). The second-order valence-corrected chi connectivity index (χ2v) is 12.4. The van der Waals surface area contributed by atoms with E-state index in [1.54, 1.807) is 39.9 Å². The van der Waals surface area contributed by atoms with Crippen molar-refractivity contribution >= 4 is 42.6 Å². The van der Waals surface area contributed by atoms with E-state index in [4.69, 9.17) is 9.72 Å². The van der Waals surface area contributed by atoms with E-state index < -0.39 is 10.0 Å². The van der Waals surface area contributed by atoms with Gasteiger partial charge in [-0.25, -0.2) is 13.4 Å². The number of nitrogens with zero attached hydrogens (tertiary/aromatic N) is 4. The summed E-state index contributed by atoms with van der Waals surface area (Å²) in [5.41, 5.74) is 1.46. The maximum Gasteiger partial charge on any atom is 0.253 e. The van der Waals surface area contributed by atoms with E-state index in [0.29, 0.717) is 57.4 Å². The van der Waals surface area contributed by atoms with Crippen LogP contribution in [0.3, 0.4) is 0 Å². The Morgan fingerprint density at radius 1 is 1.03 bits per heavy atom. The Balaban J connectivity index is 1.21. The van der Waals surface area contributed by atoms with Crippen LogP contribution in [0.2, 0.25) is 0 Å². The SMILES string of the molecule is CCOc1ccc2nc(N3CCN(C(=O)c4ccc(S(=O)(=O)N5CCC(C)CC5)cc4)CC3)sc2c1. The molecule has 1 amide bonds. The number of carbonyl (C=O) groups is 1. The number of anilines is 1. The molecule has 0 saturated carbocycles. The summed E-state index contributed by atoms with van der Waals surface area (Å²) in [5, 5.41) is 0.951. The largest absolute Gasteiger partial charge is 0.494 e. The second-order valence-electron chi connectivity index (χ2n) is 9.45. The van der Waals surface area contributed by atoms with Crippen LogP contribution in [0.15, 0.2) is 47.4 Å². The number of fused-ring (bicyclic) bond motifs is 1. The van der Waals surface area contributed by atoms with Gasteiger partial charge in [-0.15, -0.1) is 0 Å². The van der Waals surface area contributed by atoms with Crippen LogP contribution in [-0.4, -0.2) is 74.4 Å². The minimum Gasteiger partial charge on any atom is -0.494 e. The lowest BCUT2D eigenvalue weighted by molar-refractivity contribution is 0.0746. The molecule has 2 aliphatic heterocycles. The fourth-order valence-corrected chi connectivity index (χ4v) is 7.23. The molecular formula is C26H32N4O4S2. The summed E-state index contributed by atoms with van der Waals surface area (Å²) in [6.45, 7) is 8.43. The highest BCUT2D eigenvalue weighted by molar-refractivity contribution is 7.89. The van der Waals surface area contributed by atoms with Gasteiger partial charge in [-0.1, -0.05) is 18.3 Å². The number of piperidine rings is 1. The number of sulfonamides is 1. The van der Waals surface area contributed by atoms with Crippen molar-refractivity contribution in [2.75, 3.05) is 50.8 Å². The standard InChI is InChI=1S/C26H32N4O4S2/c1-3-34-21-6-9-23-24(18-21)35-26(27-23)29-16-14-28(15-17-29)25(31)20-4-7-22(8-5-20)36(32,33)30-12-10-19(2)11-13-30/h4-9,18-19H,3,10-17H2,1-2H3. The zero-order valence-corrected chi connectivity index (χ0v) is 22.4. The predicted octanol–water partition coefficient (Wildman–Crippen LogP) is 4.08. The van der Waals surface area contributed by atoms with Crippen LogP contribution in [0.1, 0.15) is 37.0 Å². The van der Waals surface area contributed by atoms with E-state index in [2.05, 4.69) is 11.8 Å². The number of hydrogen-bond donors (Lipinski definition) is 0. The van der Waals surface area contributed by atoms with Gasteiger partial charge in [0.25, 0.3) is 5.91 Å². The molecule has 0 atom stereocenters. The van der Waals surface area contributed by atoms with Gasteiger partial charge < -0.3 is 14.5 Å². The topological polar surface area (TPSA) is 83.0 Å². The van der Waals surface area contributed by atoms with E-state index in [0.717, 1.165) is 33.9 Å². The molecule has 192 valence electrons. The van der Waals surface area contributed by atoms with Gasteiger partial charge in [0.05, 0.1) is 21.7 Å². The highest BCUT2D eigenvalue weighted by Crippen LogP contribution is 2.32. The van der Waals surface area contributed by atoms with Gasteiger partial charge in [-0.2, -0.15) is 4.31 Å². The first-order chi connectivity index (χ1) is 17.3. The van der Waals surface area contributed by atoms with Crippen LogP contribution >= 0.6 is 11.3 Å². The minimum atomic E-state index is -3.52. The highest BCUT2D eigenvalue weighted by atomic mass is 32.2. The Labute approximate surface area is 216 Å². The number of aromatic nitrogens is 1.